The molecule has 0 atom stereocenters. The molecule has 3 aromatic rings. The standard InChI is InChI=1S/C24H28N4O/c1-3-27(4-2)17-16-25-24(29)22-21-15-14-18-10-8-9-13-20(18)23(21)28(26-22)19-11-6-5-7-12-19/h5-13H,3-4,14-17H2,1-2H3,(H,25,29). The van der Waals surface area contributed by atoms with E-state index in [-0.39, 0.29) is 5.91 Å². The van der Waals surface area contributed by atoms with Crippen molar-refractivity contribution in [3.8, 4) is 16.9 Å². The summed E-state index contributed by atoms with van der Waals surface area (Å²) in [6.45, 7) is 7.73. The van der Waals surface area contributed by atoms with Crippen LogP contribution in [0.1, 0.15) is 35.5 Å². The zero-order chi connectivity index (χ0) is 20.2. The first kappa shape index (κ1) is 19.4. The molecule has 0 unspecified atom stereocenters. The maximum absolute atomic E-state index is 13.0. The Morgan fingerprint density at radius 1 is 1.03 bits per heavy atom. The Balaban J connectivity index is 1.70. The number of rotatable bonds is 7. The molecule has 0 radical (unpaired) electrons. The van der Waals surface area contributed by atoms with Crippen molar-refractivity contribution < 1.29 is 4.79 Å². The molecule has 150 valence electrons. The van der Waals surface area contributed by atoms with E-state index < -0.39 is 0 Å². The molecule has 29 heavy (non-hydrogen) atoms. The van der Waals surface area contributed by atoms with Gasteiger partial charge in [-0.3, -0.25) is 4.79 Å². The third-order valence-electron chi connectivity index (χ3n) is 5.72. The van der Waals surface area contributed by atoms with Gasteiger partial charge in [-0.1, -0.05) is 56.3 Å². The molecular formula is C24H28N4O. The van der Waals surface area contributed by atoms with Crippen molar-refractivity contribution in [2.75, 3.05) is 26.2 Å². The number of carbonyl (C=O) groups excluding carboxylic acids is 1. The number of amides is 1. The van der Waals surface area contributed by atoms with E-state index in [1.165, 1.54) is 11.1 Å². The molecule has 0 aliphatic heterocycles. The molecule has 1 heterocycles. The van der Waals surface area contributed by atoms with Gasteiger partial charge in [0.15, 0.2) is 5.69 Å². The summed E-state index contributed by atoms with van der Waals surface area (Å²) in [5.41, 5.74) is 6.11. The number of nitrogens with zero attached hydrogens (tertiary/aromatic N) is 3. The van der Waals surface area contributed by atoms with Gasteiger partial charge in [-0.2, -0.15) is 5.10 Å². The summed E-state index contributed by atoms with van der Waals surface area (Å²) >= 11 is 0. The number of carbonyl (C=O) groups is 1. The fourth-order valence-electron chi connectivity index (χ4n) is 4.08. The van der Waals surface area contributed by atoms with Crippen molar-refractivity contribution in [1.29, 1.82) is 0 Å². The molecule has 0 saturated heterocycles. The topological polar surface area (TPSA) is 50.2 Å². The molecule has 1 aliphatic carbocycles. The van der Waals surface area contributed by atoms with Gasteiger partial charge in [-0.15, -0.1) is 0 Å². The SMILES string of the molecule is CCN(CC)CCNC(=O)c1nn(-c2ccccc2)c2c1CCc1ccccc1-2. The second kappa shape index (κ2) is 8.62. The van der Waals surface area contributed by atoms with E-state index in [1.807, 2.05) is 35.0 Å². The first-order valence-electron chi connectivity index (χ1n) is 10.5. The molecule has 1 aliphatic rings. The Hall–Kier alpha value is -2.92. The fourth-order valence-corrected chi connectivity index (χ4v) is 4.08. The second-order valence-electron chi connectivity index (χ2n) is 7.36. The normalized spacial score (nSPS) is 12.5. The molecule has 5 heteroatoms. The molecule has 1 N–H and O–H groups in total. The van der Waals surface area contributed by atoms with Gasteiger partial charge < -0.3 is 10.2 Å². The number of benzene rings is 2. The van der Waals surface area contributed by atoms with Crippen LogP contribution in [0.25, 0.3) is 16.9 Å². The molecule has 0 spiro atoms. The largest absolute Gasteiger partial charge is 0.349 e. The summed E-state index contributed by atoms with van der Waals surface area (Å²) in [7, 11) is 0. The van der Waals surface area contributed by atoms with Gasteiger partial charge in [0.25, 0.3) is 5.91 Å². The number of fused-ring (bicyclic) bond motifs is 3. The van der Waals surface area contributed by atoms with Gasteiger partial charge >= 0.3 is 0 Å². The highest BCUT2D eigenvalue weighted by molar-refractivity contribution is 5.96. The van der Waals surface area contributed by atoms with Crippen LogP contribution in [0.4, 0.5) is 0 Å². The summed E-state index contributed by atoms with van der Waals surface area (Å²) in [5.74, 6) is -0.0810. The highest BCUT2D eigenvalue weighted by atomic mass is 16.2. The van der Waals surface area contributed by atoms with E-state index in [9.17, 15) is 4.79 Å². The number of likely N-dealkylation sites (N-methyl/N-ethyl adjacent to an activating group) is 1. The molecular weight excluding hydrogens is 360 g/mol. The van der Waals surface area contributed by atoms with E-state index in [1.54, 1.807) is 0 Å². The number of hydrogen-bond donors (Lipinski definition) is 1. The van der Waals surface area contributed by atoms with Gasteiger partial charge in [0.05, 0.1) is 11.4 Å². The van der Waals surface area contributed by atoms with Crippen LogP contribution in [-0.4, -0.2) is 46.8 Å². The Bertz CT molecular complexity index is 989. The zero-order valence-corrected chi connectivity index (χ0v) is 17.2. The number of aryl methyl sites for hydroxylation is 1. The van der Waals surface area contributed by atoms with Gasteiger partial charge in [-0.25, -0.2) is 4.68 Å². The van der Waals surface area contributed by atoms with Crippen LogP contribution < -0.4 is 5.32 Å². The molecule has 5 nitrogen and oxygen atoms in total. The highest BCUT2D eigenvalue weighted by Gasteiger charge is 2.28. The van der Waals surface area contributed by atoms with Crippen LogP contribution in [0.3, 0.4) is 0 Å². The maximum Gasteiger partial charge on any atom is 0.272 e. The lowest BCUT2D eigenvalue weighted by Gasteiger charge is -2.19. The molecule has 1 aromatic heterocycles. The quantitative estimate of drug-likeness (QED) is 0.671. The highest BCUT2D eigenvalue weighted by Crippen LogP contribution is 2.36. The van der Waals surface area contributed by atoms with Crippen LogP contribution in [-0.2, 0) is 12.8 Å². The van der Waals surface area contributed by atoms with Crippen molar-refractivity contribution in [2.45, 2.75) is 26.7 Å². The molecule has 0 saturated carbocycles. The minimum Gasteiger partial charge on any atom is -0.349 e. The lowest BCUT2D eigenvalue weighted by atomic mass is 9.88. The van der Waals surface area contributed by atoms with Crippen molar-refractivity contribution in [3.63, 3.8) is 0 Å². The maximum atomic E-state index is 13.0. The summed E-state index contributed by atoms with van der Waals surface area (Å²) < 4.78 is 1.94. The number of nitrogens with one attached hydrogen (secondary N) is 1. The van der Waals surface area contributed by atoms with E-state index in [4.69, 9.17) is 5.10 Å². The molecule has 0 bridgehead atoms. The van der Waals surface area contributed by atoms with Crippen molar-refractivity contribution in [1.82, 2.24) is 20.0 Å². The molecule has 2 aromatic carbocycles. The monoisotopic (exact) mass is 388 g/mol. The average molecular weight is 389 g/mol. The summed E-state index contributed by atoms with van der Waals surface area (Å²) in [6, 6.07) is 18.5. The number of aromatic nitrogens is 2. The average Bonchev–Trinajstić information content (AvgIpc) is 3.17. The molecule has 1 amide bonds. The number of para-hydroxylation sites is 1. The third-order valence-corrected chi connectivity index (χ3v) is 5.72. The Kier molecular flexibility index (Phi) is 5.76. The van der Waals surface area contributed by atoms with Gasteiger partial charge in [0.2, 0.25) is 0 Å². The minimum absolute atomic E-state index is 0.0810. The predicted octanol–water partition coefficient (Wildman–Crippen LogP) is 3.71. The summed E-state index contributed by atoms with van der Waals surface area (Å²) in [5, 5.41) is 7.87. The van der Waals surface area contributed by atoms with E-state index in [0.717, 1.165) is 49.4 Å². The minimum atomic E-state index is -0.0810. The summed E-state index contributed by atoms with van der Waals surface area (Å²) in [6.07, 6.45) is 1.77. The lowest BCUT2D eigenvalue weighted by molar-refractivity contribution is 0.0942. The van der Waals surface area contributed by atoms with Crippen LogP contribution in [0.15, 0.2) is 54.6 Å². The second-order valence-corrected chi connectivity index (χ2v) is 7.36. The molecule has 0 fully saturated rings. The summed E-state index contributed by atoms with van der Waals surface area (Å²) in [4.78, 5) is 15.3. The first-order chi connectivity index (χ1) is 14.2. The van der Waals surface area contributed by atoms with Crippen LogP contribution >= 0.6 is 0 Å². The lowest BCUT2D eigenvalue weighted by Crippen LogP contribution is -2.35. The van der Waals surface area contributed by atoms with E-state index in [2.05, 4.69) is 48.3 Å². The Morgan fingerprint density at radius 3 is 2.52 bits per heavy atom. The van der Waals surface area contributed by atoms with Crippen LogP contribution in [0.5, 0.6) is 0 Å². The van der Waals surface area contributed by atoms with Crippen LogP contribution in [0.2, 0.25) is 0 Å². The van der Waals surface area contributed by atoms with Crippen molar-refractivity contribution in [3.05, 3.63) is 71.4 Å². The smallest absolute Gasteiger partial charge is 0.272 e. The van der Waals surface area contributed by atoms with Gasteiger partial charge in [0, 0.05) is 24.2 Å². The van der Waals surface area contributed by atoms with E-state index >= 15 is 0 Å². The Labute approximate surface area is 172 Å². The Morgan fingerprint density at radius 2 is 1.76 bits per heavy atom. The fraction of sp³-hybridized carbons (Fsp3) is 0.333. The number of hydrogen-bond acceptors (Lipinski definition) is 3. The zero-order valence-electron chi connectivity index (χ0n) is 17.2. The van der Waals surface area contributed by atoms with E-state index in [0.29, 0.717) is 12.2 Å². The van der Waals surface area contributed by atoms with Crippen molar-refractivity contribution >= 4 is 5.91 Å². The van der Waals surface area contributed by atoms with Gasteiger partial charge in [-0.05, 0) is 43.6 Å². The van der Waals surface area contributed by atoms with Crippen LogP contribution in [0, 0.1) is 0 Å². The van der Waals surface area contributed by atoms with Crippen molar-refractivity contribution in [2.24, 2.45) is 0 Å². The third kappa shape index (κ3) is 3.83. The predicted molar refractivity (Wildman–Crippen MR) is 117 cm³/mol. The molecule has 4 rings (SSSR count). The van der Waals surface area contributed by atoms with Gasteiger partial charge in [0.1, 0.15) is 0 Å². The first-order valence-corrected chi connectivity index (χ1v) is 10.5.